The molecule has 3 aliphatic carbocycles. The van der Waals surface area contributed by atoms with E-state index in [-0.39, 0.29) is 53.7 Å². The molecule has 1 aliphatic heterocycles. The summed E-state index contributed by atoms with van der Waals surface area (Å²) in [7, 11) is 3.13. The number of aliphatic hydroxyl groups excluding tert-OH is 1. The lowest BCUT2D eigenvalue weighted by molar-refractivity contribution is -0.141. The van der Waals surface area contributed by atoms with Crippen molar-refractivity contribution in [3.05, 3.63) is 105 Å². The lowest BCUT2D eigenvalue weighted by atomic mass is 9.64. The number of carbonyl (C=O) groups is 2. The number of ether oxygens (including phenoxy) is 3. The molecule has 1 saturated carbocycles. The molecule has 0 aromatic heterocycles. The predicted molar refractivity (Wildman–Crippen MR) is 212 cm³/mol. The van der Waals surface area contributed by atoms with Crippen molar-refractivity contribution < 1.29 is 38.4 Å². The van der Waals surface area contributed by atoms with Gasteiger partial charge in [0.25, 0.3) is 0 Å². The number of aliphatic hydroxyl groups is 2. The number of fused-ring (bicyclic) bond motifs is 8. The first kappa shape index (κ1) is 40.9. The van der Waals surface area contributed by atoms with Gasteiger partial charge in [-0.05, 0) is 118 Å². The predicted octanol–water partition coefficient (Wildman–Crippen LogP) is 8.21. The summed E-state index contributed by atoms with van der Waals surface area (Å²) < 4.78 is 32.0. The van der Waals surface area contributed by atoms with Crippen molar-refractivity contribution in [2.24, 2.45) is 5.41 Å². The molecule has 55 heavy (non-hydrogen) atoms. The second kappa shape index (κ2) is 17.6. The Morgan fingerprint density at radius 1 is 1.02 bits per heavy atom. The van der Waals surface area contributed by atoms with Crippen molar-refractivity contribution >= 4 is 23.3 Å². The maximum absolute atomic E-state index is 15.0. The van der Waals surface area contributed by atoms with E-state index in [1.807, 2.05) is 30.3 Å². The molecular weight excluding hydrogens is 721 g/mol. The van der Waals surface area contributed by atoms with Gasteiger partial charge in [-0.15, -0.1) is 0 Å². The first-order valence-electron chi connectivity index (χ1n) is 19.6. The number of rotatable bonds is 11. The van der Waals surface area contributed by atoms with E-state index in [0.29, 0.717) is 68.7 Å². The van der Waals surface area contributed by atoms with E-state index in [1.165, 1.54) is 17.7 Å². The molecule has 2 bridgehead atoms. The molecule has 4 aliphatic rings. The molecule has 1 amide bonds. The minimum absolute atomic E-state index is 0.104. The highest BCUT2D eigenvalue weighted by Gasteiger charge is 2.57. The van der Waals surface area contributed by atoms with Crippen molar-refractivity contribution in [1.29, 1.82) is 0 Å². The van der Waals surface area contributed by atoms with Crippen LogP contribution >= 0.6 is 11.6 Å². The highest BCUT2D eigenvalue weighted by atomic mass is 35.5. The van der Waals surface area contributed by atoms with Gasteiger partial charge >= 0.3 is 0 Å². The van der Waals surface area contributed by atoms with Crippen LogP contribution in [0.25, 0.3) is 0 Å². The number of Topliss-reactive ketones (excluding diaryl/α,β-unsaturated/α-hetero) is 1. The van der Waals surface area contributed by atoms with Gasteiger partial charge in [0.1, 0.15) is 5.82 Å². The van der Waals surface area contributed by atoms with Crippen LogP contribution in [0.1, 0.15) is 104 Å². The van der Waals surface area contributed by atoms with Crippen LogP contribution in [0.4, 0.5) is 4.39 Å². The third kappa shape index (κ3) is 9.12. The molecule has 10 heteroatoms. The molecule has 0 radical (unpaired) electrons. The molecule has 0 spiro atoms. The van der Waals surface area contributed by atoms with Crippen LogP contribution in [0, 0.1) is 11.2 Å². The Hall–Kier alpha value is -3.76. The highest BCUT2D eigenvalue weighted by molar-refractivity contribution is 6.31. The number of allylic oxidation sites excluding steroid dienone is 2. The van der Waals surface area contributed by atoms with Crippen LogP contribution in [0.5, 0.6) is 11.5 Å². The van der Waals surface area contributed by atoms with Crippen LogP contribution in [0.2, 0.25) is 5.02 Å². The summed E-state index contributed by atoms with van der Waals surface area (Å²) in [5.41, 5.74) is 2.06. The number of methoxy groups -OCH3 is 2. The topological polar surface area (TPSA) is 106 Å². The lowest BCUT2D eigenvalue weighted by Gasteiger charge is -2.46. The van der Waals surface area contributed by atoms with E-state index < -0.39 is 22.9 Å². The average Bonchev–Trinajstić information content (AvgIpc) is 3.77. The fourth-order valence-corrected chi connectivity index (χ4v) is 9.31. The Morgan fingerprint density at radius 3 is 2.55 bits per heavy atom. The van der Waals surface area contributed by atoms with E-state index in [1.54, 1.807) is 31.3 Å². The largest absolute Gasteiger partial charge is 0.493 e. The summed E-state index contributed by atoms with van der Waals surface area (Å²) in [6.45, 7) is 5.28. The maximum atomic E-state index is 15.0. The Bertz CT molecular complexity index is 1870. The first-order valence-corrected chi connectivity index (χ1v) is 20.0. The zero-order valence-corrected chi connectivity index (χ0v) is 33.3. The standard InChI is InChI=1S/C45H55ClFNO7/c1-29-8-6-19-44(2)37(34-16-13-30(22-32(49)15-12-29)23-35(34)40(50)26-36-38(46)10-5-11-39(36)47)18-20-45(44,52)28-48(27-33-9-7-21-55-33)43(51)25-31-14-17-41(53-3)42(24-31)54-4/h5,8,10-11,13-14,16-17,23-24,32-33,37,49,52H,6-7,9,12,15,18-22,25-28H2,1-4H3/t32-,33+,37-,44-,45+/m0/s1. The second-order valence-corrected chi connectivity index (χ2v) is 16.4. The molecule has 2 fully saturated rings. The van der Waals surface area contributed by atoms with Crippen LogP contribution in [0.3, 0.4) is 0 Å². The van der Waals surface area contributed by atoms with E-state index in [4.69, 9.17) is 25.8 Å². The number of halogens is 2. The van der Waals surface area contributed by atoms with Crippen LogP contribution in [-0.4, -0.2) is 78.5 Å². The Morgan fingerprint density at radius 2 is 1.82 bits per heavy atom. The molecule has 2 N–H and O–H groups in total. The fourth-order valence-electron chi connectivity index (χ4n) is 9.08. The minimum Gasteiger partial charge on any atom is -0.493 e. The smallest absolute Gasteiger partial charge is 0.227 e. The first-order chi connectivity index (χ1) is 26.3. The molecule has 5 atom stereocenters. The molecule has 7 rings (SSSR count). The van der Waals surface area contributed by atoms with Crippen LogP contribution in [-0.2, 0) is 28.8 Å². The average molecular weight is 776 g/mol. The van der Waals surface area contributed by atoms with Gasteiger partial charge in [0, 0.05) is 41.1 Å². The summed E-state index contributed by atoms with van der Waals surface area (Å²) >= 11 is 6.40. The number of amides is 1. The van der Waals surface area contributed by atoms with E-state index >= 15 is 4.39 Å². The van der Waals surface area contributed by atoms with Crippen molar-refractivity contribution in [3.8, 4) is 11.5 Å². The van der Waals surface area contributed by atoms with Crippen molar-refractivity contribution in [1.82, 2.24) is 4.90 Å². The van der Waals surface area contributed by atoms with Crippen molar-refractivity contribution in [2.45, 2.75) is 108 Å². The summed E-state index contributed by atoms with van der Waals surface area (Å²) in [6.07, 6.45) is 7.05. The Labute approximate surface area is 329 Å². The van der Waals surface area contributed by atoms with Gasteiger partial charge in [0.05, 0.1) is 45.0 Å². The highest BCUT2D eigenvalue weighted by Crippen LogP contribution is 2.59. The molecule has 1 heterocycles. The van der Waals surface area contributed by atoms with Crippen LogP contribution < -0.4 is 9.47 Å². The van der Waals surface area contributed by atoms with Gasteiger partial charge in [-0.1, -0.05) is 54.4 Å². The molecular formula is C45H55ClFNO7. The number of nitrogens with zero attached hydrogens (tertiary/aromatic N) is 1. The Balaban J connectivity index is 1.38. The van der Waals surface area contributed by atoms with Crippen molar-refractivity contribution in [3.63, 3.8) is 0 Å². The summed E-state index contributed by atoms with van der Waals surface area (Å²) in [5.74, 6) is -0.0821. The fraction of sp³-hybridized carbons (Fsp3) is 0.511. The zero-order chi connectivity index (χ0) is 39.3. The number of benzene rings is 3. The van der Waals surface area contributed by atoms with Gasteiger partial charge in [-0.25, -0.2) is 4.39 Å². The van der Waals surface area contributed by atoms with Gasteiger partial charge in [-0.2, -0.15) is 0 Å². The third-order valence-corrected chi connectivity index (χ3v) is 12.8. The molecule has 1 saturated heterocycles. The summed E-state index contributed by atoms with van der Waals surface area (Å²) in [5, 5.41) is 24.2. The second-order valence-electron chi connectivity index (χ2n) is 16.0. The Kier molecular flexibility index (Phi) is 13.1. The quantitative estimate of drug-likeness (QED) is 0.150. The van der Waals surface area contributed by atoms with Gasteiger partial charge in [0.15, 0.2) is 17.3 Å². The zero-order valence-electron chi connectivity index (χ0n) is 32.5. The number of hydrogen-bond donors (Lipinski definition) is 2. The lowest BCUT2D eigenvalue weighted by Crippen LogP contribution is -2.55. The molecule has 8 nitrogen and oxygen atoms in total. The van der Waals surface area contributed by atoms with E-state index in [2.05, 4.69) is 19.9 Å². The summed E-state index contributed by atoms with van der Waals surface area (Å²) in [6, 6.07) is 15.6. The third-order valence-electron chi connectivity index (χ3n) is 12.4. The molecule has 3 aromatic carbocycles. The number of hydrogen-bond acceptors (Lipinski definition) is 7. The van der Waals surface area contributed by atoms with Gasteiger partial charge in [0.2, 0.25) is 5.91 Å². The molecule has 3 aromatic rings. The van der Waals surface area contributed by atoms with Crippen LogP contribution in [0.15, 0.2) is 66.2 Å². The molecule has 296 valence electrons. The maximum Gasteiger partial charge on any atom is 0.227 e. The molecule has 0 unspecified atom stereocenters. The van der Waals surface area contributed by atoms with E-state index in [9.17, 15) is 19.8 Å². The van der Waals surface area contributed by atoms with Gasteiger partial charge < -0.3 is 29.3 Å². The number of carbonyl (C=O) groups excluding carboxylic acids is 2. The minimum atomic E-state index is -1.31. The normalized spacial score (nSPS) is 25.5. The van der Waals surface area contributed by atoms with Gasteiger partial charge in [-0.3, -0.25) is 9.59 Å². The summed E-state index contributed by atoms with van der Waals surface area (Å²) in [4.78, 5) is 30.4. The van der Waals surface area contributed by atoms with E-state index in [0.717, 1.165) is 36.0 Å². The monoisotopic (exact) mass is 775 g/mol. The SMILES string of the molecule is COc1ccc(CC(=O)N(C[C@H]2CCCO2)C[C@]2(O)CC[C@H]3c4ccc(cc4C(=O)Cc4c(F)cccc4Cl)C[C@@H](O)CCC(C)=CCC[C@@]32C)cc1OC. The number of ketones is 1. The van der Waals surface area contributed by atoms with Crippen molar-refractivity contribution in [2.75, 3.05) is 33.9 Å².